The molecule has 24 heavy (non-hydrogen) atoms. The number of halogens is 1. The second-order valence-electron chi connectivity index (χ2n) is 5.65. The summed E-state index contributed by atoms with van der Waals surface area (Å²) in [6.07, 6.45) is 0.121. The van der Waals surface area contributed by atoms with Crippen molar-refractivity contribution in [3.63, 3.8) is 0 Å². The second kappa shape index (κ2) is 8.81. The van der Waals surface area contributed by atoms with Crippen molar-refractivity contribution >= 4 is 17.8 Å². The van der Waals surface area contributed by atoms with Crippen LogP contribution in [0, 0.1) is 5.82 Å². The molecule has 1 aromatic carbocycles. The van der Waals surface area contributed by atoms with Crippen molar-refractivity contribution in [1.82, 2.24) is 10.6 Å². The molecule has 0 radical (unpaired) electrons. The Bertz CT molecular complexity index is 645. The van der Waals surface area contributed by atoms with Crippen molar-refractivity contribution in [1.29, 1.82) is 0 Å². The maximum Gasteiger partial charge on any atom is 0.326 e. The van der Waals surface area contributed by atoms with Crippen LogP contribution in [0.1, 0.15) is 25.8 Å². The lowest BCUT2D eigenvalue weighted by molar-refractivity contribution is -0.142. The number of carbonyl (C=O) groups excluding carboxylic acids is 2. The van der Waals surface area contributed by atoms with Crippen molar-refractivity contribution in [3.8, 4) is 0 Å². The number of benzene rings is 1. The van der Waals surface area contributed by atoms with E-state index in [4.69, 9.17) is 5.11 Å². The largest absolute Gasteiger partial charge is 0.480 e. The lowest BCUT2D eigenvalue weighted by atomic mass is 10.0. The fourth-order valence-corrected chi connectivity index (χ4v) is 2.18. The van der Waals surface area contributed by atoms with Gasteiger partial charge in [-0.25, -0.2) is 9.18 Å². The minimum Gasteiger partial charge on any atom is -0.480 e. The molecule has 3 N–H and O–H groups in total. The smallest absolute Gasteiger partial charge is 0.326 e. The van der Waals surface area contributed by atoms with Gasteiger partial charge in [-0.3, -0.25) is 9.59 Å². The zero-order valence-electron chi connectivity index (χ0n) is 13.6. The predicted molar refractivity (Wildman–Crippen MR) is 86.7 cm³/mol. The zero-order valence-corrected chi connectivity index (χ0v) is 13.6. The van der Waals surface area contributed by atoms with Crippen LogP contribution in [0.5, 0.6) is 0 Å². The maximum atomic E-state index is 13.3. The zero-order chi connectivity index (χ0) is 18.3. The summed E-state index contributed by atoms with van der Waals surface area (Å²) in [5.74, 6) is -2.75. The Labute approximate surface area is 139 Å². The Kier molecular flexibility index (Phi) is 7.10. The van der Waals surface area contributed by atoms with E-state index in [0.717, 1.165) is 0 Å². The molecular formula is C17H21FN2O4. The number of aliphatic carboxylic acids is 1. The summed E-state index contributed by atoms with van der Waals surface area (Å²) in [5, 5.41) is 14.0. The van der Waals surface area contributed by atoms with E-state index in [0.29, 0.717) is 11.1 Å². The molecule has 2 amide bonds. The second-order valence-corrected chi connectivity index (χ2v) is 5.65. The first-order valence-electron chi connectivity index (χ1n) is 7.38. The fourth-order valence-electron chi connectivity index (χ4n) is 2.18. The van der Waals surface area contributed by atoms with Gasteiger partial charge in [0.25, 0.3) is 0 Å². The van der Waals surface area contributed by atoms with Crippen LogP contribution in [0.2, 0.25) is 0 Å². The van der Waals surface area contributed by atoms with Gasteiger partial charge in [-0.15, -0.1) is 6.58 Å². The van der Waals surface area contributed by atoms with Crippen LogP contribution in [0.4, 0.5) is 4.39 Å². The van der Waals surface area contributed by atoms with Gasteiger partial charge in [0, 0.05) is 13.3 Å². The Balaban J connectivity index is 2.89. The molecular weight excluding hydrogens is 315 g/mol. The van der Waals surface area contributed by atoms with Gasteiger partial charge < -0.3 is 15.7 Å². The first kappa shape index (κ1) is 19.3. The topological polar surface area (TPSA) is 95.5 Å². The van der Waals surface area contributed by atoms with Crippen molar-refractivity contribution < 1.29 is 23.9 Å². The summed E-state index contributed by atoms with van der Waals surface area (Å²) in [6.45, 7) is 6.53. The number of carbonyl (C=O) groups is 3. The molecule has 0 aliphatic heterocycles. The molecule has 0 fully saturated rings. The molecule has 0 bridgehead atoms. The number of amides is 2. The van der Waals surface area contributed by atoms with Crippen LogP contribution >= 0.6 is 0 Å². The highest BCUT2D eigenvalue weighted by atomic mass is 19.1. The minimum absolute atomic E-state index is 0.0442. The molecule has 0 spiro atoms. The molecule has 0 unspecified atom stereocenters. The summed E-state index contributed by atoms with van der Waals surface area (Å²) in [4.78, 5) is 34.9. The SMILES string of the molecule is C=C(C)C[C@@H](NC(=O)[C@H](Cc1cccc(F)c1)NC(C)=O)C(=O)O. The normalized spacial score (nSPS) is 12.8. The first-order valence-corrected chi connectivity index (χ1v) is 7.38. The van der Waals surface area contributed by atoms with Crippen LogP contribution in [-0.2, 0) is 20.8 Å². The van der Waals surface area contributed by atoms with Crippen molar-refractivity contribution in [2.75, 3.05) is 0 Å². The molecule has 0 saturated carbocycles. The third-order valence-corrected chi connectivity index (χ3v) is 3.19. The van der Waals surface area contributed by atoms with Crippen LogP contribution in [-0.4, -0.2) is 35.0 Å². The van der Waals surface area contributed by atoms with Gasteiger partial charge in [-0.2, -0.15) is 0 Å². The van der Waals surface area contributed by atoms with Crippen LogP contribution < -0.4 is 10.6 Å². The van der Waals surface area contributed by atoms with E-state index in [9.17, 15) is 18.8 Å². The highest BCUT2D eigenvalue weighted by Crippen LogP contribution is 2.08. The van der Waals surface area contributed by atoms with E-state index in [1.807, 2.05) is 0 Å². The maximum absolute atomic E-state index is 13.3. The Morgan fingerprint density at radius 3 is 2.38 bits per heavy atom. The van der Waals surface area contributed by atoms with Gasteiger partial charge >= 0.3 is 5.97 Å². The van der Waals surface area contributed by atoms with Gasteiger partial charge in [0.05, 0.1) is 0 Å². The summed E-state index contributed by atoms with van der Waals surface area (Å²) >= 11 is 0. The average molecular weight is 336 g/mol. The molecule has 1 aromatic rings. The van der Waals surface area contributed by atoms with E-state index in [1.54, 1.807) is 13.0 Å². The number of carboxylic acids is 1. The third kappa shape index (κ3) is 6.60. The number of hydrogen-bond acceptors (Lipinski definition) is 3. The minimum atomic E-state index is -1.20. The van der Waals surface area contributed by atoms with E-state index >= 15 is 0 Å². The molecule has 1 rings (SSSR count). The van der Waals surface area contributed by atoms with Crippen molar-refractivity contribution in [2.24, 2.45) is 0 Å². The Morgan fingerprint density at radius 1 is 1.21 bits per heavy atom. The average Bonchev–Trinajstić information content (AvgIpc) is 2.44. The van der Waals surface area contributed by atoms with Crippen molar-refractivity contribution in [3.05, 3.63) is 47.8 Å². The molecule has 2 atom stereocenters. The van der Waals surface area contributed by atoms with Crippen molar-refractivity contribution in [2.45, 2.75) is 38.8 Å². The summed E-state index contributed by atoms with van der Waals surface area (Å²) in [5.41, 5.74) is 1.11. The fraction of sp³-hybridized carbons (Fsp3) is 0.353. The number of carboxylic acid groups (broad SMARTS) is 1. The lowest BCUT2D eigenvalue weighted by Crippen LogP contribution is -2.52. The van der Waals surface area contributed by atoms with Gasteiger partial charge in [0.2, 0.25) is 11.8 Å². The Hall–Kier alpha value is -2.70. The summed E-state index contributed by atoms with van der Waals surface area (Å²) in [7, 11) is 0. The molecule has 0 saturated heterocycles. The monoisotopic (exact) mass is 336 g/mol. The third-order valence-electron chi connectivity index (χ3n) is 3.19. The standard InChI is InChI=1S/C17H21FN2O4/c1-10(2)7-15(17(23)24)20-16(22)14(19-11(3)21)9-12-5-4-6-13(18)8-12/h4-6,8,14-15H,1,7,9H2,2-3H3,(H,19,21)(H,20,22)(H,23,24)/t14-,15+/m0/s1. The van der Waals surface area contributed by atoms with Crippen LogP contribution in [0.25, 0.3) is 0 Å². The quantitative estimate of drug-likeness (QED) is 0.626. The van der Waals surface area contributed by atoms with Crippen LogP contribution in [0.15, 0.2) is 36.4 Å². The van der Waals surface area contributed by atoms with Gasteiger partial charge in [0.1, 0.15) is 17.9 Å². The number of nitrogens with one attached hydrogen (secondary N) is 2. The number of hydrogen-bond donors (Lipinski definition) is 3. The molecule has 6 nitrogen and oxygen atoms in total. The first-order chi connectivity index (χ1) is 11.2. The molecule has 0 aliphatic rings. The molecule has 0 aliphatic carbocycles. The summed E-state index contributed by atoms with van der Waals surface area (Å²) in [6, 6.07) is 3.49. The summed E-state index contributed by atoms with van der Waals surface area (Å²) < 4.78 is 13.3. The van der Waals surface area contributed by atoms with Crippen LogP contribution in [0.3, 0.4) is 0 Å². The molecule has 130 valence electrons. The predicted octanol–water partition coefficient (Wildman–Crippen LogP) is 1.41. The van der Waals surface area contributed by atoms with E-state index in [-0.39, 0.29) is 12.8 Å². The van der Waals surface area contributed by atoms with E-state index in [1.165, 1.54) is 25.1 Å². The Morgan fingerprint density at radius 2 is 1.88 bits per heavy atom. The van der Waals surface area contributed by atoms with Gasteiger partial charge in [-0.05, 0) is 31.0 Å². The number of rotatable bonds is 8. The lowest BCUT2D eigenvalue weighted by Gasteiger charge is -2.21. The highest BCUT2D eigenvalue weighted by molar-refractivity contribution is 5.90. The van der Waals surface area contributed by atoms with E-state index < -0.39 is 35.7 Å². The highest BCUT2D eigenvalue weighted by Gasteiger charge is 2.26. The molecule has 0 heterocycles. The van der Waals surface area contributed by atoms with Gasteiger partial charge in [-0.1, -0.05) is 17.7 Å². The molecule has 0 aromatic heterocycles. The van der Waals surface area contributed by atoms with E-state index in [2.05, 4.69) is 17.2 Å². The molecule has 7 heteroatoms. The van der Waals surface area contributed by atoms with Gasteiger partial charge in [0.15, 0.2) is 0 Å².